The summed E-state index contributed by atoms with van der Waals surface area (Å²) in [5.41, 5.74) is 0.594. The maximum Gasteiger partial charge on any atom is 0.307 e. The number of anilines is 1. The van der Waals surface area contributed by atoms with E-state index in [9.17, 15) is 17.6 Å². The summed E-state index contributed by atoms with van der Waals surface area (Å²) in [4.78, 5) is 10.7. The first kappa shape index (κ1) is 17.7. The minimum absolute atomic E-state index is 0.0955. The fourth-order valence-electron chi connectivity index (χ4n) is 2.14. The van der Waals surface area contributed by atoms with Gasteiger partial charge in [0.1, 0.15) is 16.5 Å². The summed E-state index contributed by atoms with van der Waals surface area (Å²) < 4.78 is 44.8. The van der Waals surface area contributed by atoms with Gasteiger partial charge in [-0.2, -0.15) is 0 Å². The normalized spacial score (nSPS) is 11.1. The molecule has 0 aromatic heterocycles. The van der Waals surface area contributed by atoms with Crippen LogP contribution in [0.1, 0.15) is 5.56 Å². The van der Waals surface area contributed by atoms with E-state index in [0.717, 1.165) is 16.4 Å². The molecule has 0 aliphatic carbocycles. The fourth-order valence-corrected chi connectivity index (χ4v) is 3.54. The van der Waals surface area contributed by atoms with Crippen LogP contribution < -0.4 is 9.04 Å². The van der Waals surface area contributed by atoms with Gasteiger partial charge in [0.05, 0.1) is 19.2 Å². The minimum Gasteiger partial charge on any atom is -0.495 e. The smallest absolute Gasteiger partial charge is 0.307 e. The summed E-state index contributed by atoms with van der Waals surface area (Å²) in [7, 11) is -1.37. The van der Waals surface area contributed by atoms with E-state index in [1.165, 1.54) is 44.5 Å². The van der Waals surface area contributed by atoms with Gasteiger partial charge in [-0.25, -0.2) is 12.8 Å². The Labute approximate surface area is 139 Å². The minimum atomic E-state index is -4.01. The van der Waals surface area contributed by atoms with E-state index in [1.54, 1.807) is 0 Å². The highest BCUT2D eigenvalue weighted by molar-refractivity contribution is 7.92. The SMILES string of the molecule is COc1ccc(CC(=O)O)cc1S(=O)(=O)N(C)c1ccc(F)cc1. The van der Waals surface area contributed by atoms with Crippen molar-refractivity contribution in [2.75, 3.05) is 18.5 Å². The zero-order chi connectivity index (χ0) is 17.9. The van der Waals surface area contributed by atoms with Crippen molar-refractivity contribution in [3.63, 3.8) is 0 Å². The van der Waals surface area contributed by atoms with Crippen LogP contribution in [-0.4, -0.2) is 33.7 Å². The van der Waals surface area contributed by atoms with E-state index in [-0.39, 0.29) is 22.8 Å². The third-order valence-corrected chi connectivity index (χ3v) is 5.22. The Morgan fingerprint density at radius 1 is 1.21 bits per heavy atom. The summed E-state index contributed by atoms with van der Waals surface area (Å²) in [5.74, 6) is -1.46. The molecule has 0 spiro atoms. The molecule has 0 aliphatic rings. The Hall–Kier alpha value is -2.61. The van der Waals surface area contributed by atoms with E-state index in [1.807, 2.05) is 0 Å². The molecule has 0 amide bonds. The zero-order valence-electron chi connectivity index (χ0n) is 13.1. The number of halogens is 1. The van der Waals surface area contributed by atoms with Crippen molar-refractivity contribution in [1.29, 1.82) is 0 Å². The standard InChI is InChI=1S/C16H16FNO5S/c1-18(13-6-4-12(17)5-7-13)24(21,22)15-9-11(10-16(19)20)3-8-14(15)23-2/h3-9H,10H2,1-2H3,(H,19,20). The van der Waals surface area contributed by atoms with Crippen molar-refractivity contribution in [3.8, 4) is 5.75 Å². The van der Waals surface area contributed by atoms with Crippen LogP contribution in [0.2, 0.25) is 0 Å². The van der Waals surface area contributed by atoms with Crippen LogP contribution in [0.5, 0.6) is 5.75 Å². The first-order chi connectivity index (χ1) is 11.3. The number of nitrogens with zero attached hydrogens (tertiary/aromatic N) is 1. The average Bonchev–Trinajstić information content (AvgIpc) is 2.54. The lowest BCUT2D eigenvalue weighted by Gasteiger charge is -2.21. The van der Waals surface area contributed by atoms with E-state index in [2.05, 4.69) is 0 Å². The lowest BCUT2D eigenvalue weighted by molar-refractivity contribution is -0.136. The third kappa shape index (κ3) is 3.65. The van der Waals surface area contributed by atoms with Crippen molar-refractivity contribution in [3.05, 3.63) is 53.8 Å². The molecular formula is C16H16FNO5S. The number of rotatable bonds is 6. The number of benzene rings is 2. The molecule has 0 saturated carbocycles. The van der Waals surface area contributed by atoms with Crippen molar-refractivity contribution < 1.29 is 27.4 Å². The lowest BCUT2D eigenvalue weighted by Crippen LogP contribution is -2.27. The molecule has 0 fully saturated rings. The largest absolute Gasteiger partial charge is 0.495 e. The topological polar surface area (TPSA) is 83.9 Å². The second-order valence-corrected chi connectivity index (χ2v) is 6.94. The van der Waals surface area contributed by atoms with Gasteiger partial charge in [-0.05, 0) is 42.0 Å². The van der Waals surface area contributed by atoms with Crippen LogP contribution in [0.3, 0.4) is 0 Å². The summed E-state index contributed by atoms with van der Waals surface area (Å²) in [6.07, 6.45) is -0.313. The molecule has 0 saturated heterocycles. The molecule has 0 atom stereocenters. The van der Waals surface area contributed by atoms with Crippen LogP contribution in [0, 0.1) is 5.82 Å². The van der Waals surface area contributed by atoms with Crippen LogP contribution in [0.25, 0.3) is 0 Å². The zero-order valence-corrected chi connectivity index (χ0v) is 13.9. The van der Waals surface area contributed by atoms with E-state index in [4.69, 9.17) is 9.84 Å². The van der Waals surface area contributed by atoms with Crippen LogP contribution >= 0.6 is 0 Å². The maximum atomic E-state index is 13.0. The number of carboxylic acid groups (broad SMARTS) is 1. The Balaban J connectivity index is 2.50. The molecule has 2 aromatic rings. The quantitative estimate of drug-likeness (QED) is 0.861. The second kappa shape index (κ2) is 6.88. The van der Waals surface area contributed by atoms with Gasteiger partial charge < -0.3 is 9.84 Å². The van der Waals surface area contributed by atoms with Crippen molar-refractivity contribution in [2.24, 2.45) is 0 Å². The summed E-state index contributed by atoms with van der Waals surface area (Å²) in [6.45, 7) is 0. The highest BCUT2D eigenvalue weighted by Gasteiger charge is 2.26. The molecule has 0 bridgehead atoms. The number of sulfonamides is 1. The van der Waals surface area contributed by atoms with E-state index >= 15 is 0 Å². The van der Waals surface area contributed by atoms with Gasteiger partial charge in [-0.3, -0.25) is 9.10 Å². The fraction of sp³-hybridized carbons (Fsp3) is 0.188. The lowest BCUT2D eigenvalue weighted by atomic mass is 10.1. The maximum absolute atomic E-state index is 13.0. The van der Waals surface area contributed by atoms with Gasteiger partial charge in [0, 0.05) is 7.05 Å². The third-order valence-electron chi connectivity index (χ3n) is 3.41. The van der Waals surface area contributed by atoms with Gasteiger partial charge in [0.2, 0.25) is 0 Å². The van der Waals surface area contributed by atoms with E-state index in [0.29, 0.717) is 5.56 Å². The molecule has 1 N–H and O–H groups in total. The number of carboxylic acids is 1. The molecule has 128 valence electrons. The van der Waals surface area contributed by atoms with Gasteiger partial charge in [0.15, 0.2) is 0 Å². The number of hydrogen-bond acceptors (Lipinski definition) is 4. The first-order valence-corrected chi connectivity index (χ1v) is 8.33. The monoisotopic (exact) mass is 353 g/mol. The molecule has 8 heteroatoms. The summed E-state index contributed by atoms with van der Waals surface area (Å²) in [6, 6.07) is 9.13. The van der Waals surface area contributed by atoms with Crippen molar-refractivity contribution >= 4 is 21.7 Å². The Morgan fingerprint density at radius 3 is 2.38 bits per heavy atom. The van der Waals surface area contributed by atoms with Gasteiger partial charge in [0.25, 0.3) is 10.0 Å². The Bertz CT molecular complexity index is 849. The van der Waals surface area contributed by atoms with E-state index < -0.39 is 21.8 Å². The van der Waals surface area contributed by atoms with Crippen LogP contribution in [0.15, 0.2) is 47.4 Å². The molecule has 24 heavy (non-hydrogen) atoms. The summed E-state index contributed by atoms with van der Waals surface area (Å²) >= 11 is 0. The van der Waals surface area contributed by atoms with Crippen molar-refractivity contribution in [1.82, 2.24) is 0 Å². The van der Waals surface area contributed by atoms with Gasteiger partial charge >= 0.3 is 5.97 Å². The number of ether oxygens (including phenoxy) is 1. The Kier molecular flexibility index (Phi) is 5.08. The predicted octanol–water partition coefficient (Wildman–Crippen LogP) is 2.29. The number of hydrogen-bond donors (Lipinski definition) is 1. The highest BCUT2D eigenvalue weighted by Crippen LogP contribution is 2.30. The molecule has 2 rings (SSSR count). The molecule has 0 aliphatic heterocycles. The predicted molar refractivity (Wildman–Crippen MR) is 86.3 cm³/mol. The summed E-state index contributed by atoms with van der Waals surface area (Å²) in [5, 5.41) is 8.87. The molecule has 0 radical (unpaired) electrons. The van der Waals surface area contributed by atoms with Gasteiger partial charge in [-0.1, -0.05) is 6.07 Å². The van der Waals surface area contributed by atoms with Crippen LogP contribution in [-0.2, 0) is 21.2 Å². The number of aliphatic carboxylic acids is 1. The number of methoxy groups -OCH3 is 1. The van der Waals surface area contributed by atoms with Crippen molar-refractivity contribution in [2.45, 2.75) is 11.3 Å². The molecule has 6 nitrogen and oxygen atoms in total. The van der Waals surface area contributed by atoms with Crippen LogP contribution in [0.4, 0.5) is 10.1 Å². The first-order valence-electron chi connectivity index (χ1n) is 6.89. The molecule has 0 unspecified atom stereocenters. The number of carbonyl (C=O) groups is 1. The molecule has 2 aromatic carbocycles. The van der Waals surface area contributed by atoms with Gasteiger partial charge in [-0.15, -0.1) is 0 Å². The average molecular weight is 353 g/mol. The Morgan fingerprint density at radius 2 is 1.83 bits per heavy atom. The second-order valence-electron chi connectivity index (χ2n) is 5.00. The molecular weight excluding hydrogens is 337 g/mol. The highest BCUT2D eigenvalue weighted by atomic mass is 32.2. The molecule has 0 heterocycles.